The Kier molecular flexibility index (Phi) is 5.37. The van der Waals surface area contributed by atoms with Gasteiger partial charge in [-0.15, -0.1) is 0 Å². The first-order chi connectivity index (χ1) is 23.0. The number of para-hydroxylation sites is 1. The van der Waals surface area contributed by atoms with Crippen LogP contribution in [-0.2, 0) is 5.41 Å². The smallest absolute Gasteiger partial charge is 0.136 e. The number of fused-ring (bicyclic) bond motifs is 9. The summed E-state index contributed by atoms with van der Waals surface area (Å²) in [5.74, 6) is 0. The van der Waals surface area contributed by atoms with E-state index in [1.807, 2.05) is 0 Å². The Labute approximate surface area is 273 Å². The van der Waals surface area contributed by atoms with Crippen molar-refractivity contribution >= 4 is 43.7 Å². The summed E-state index contributed by atoms with van der Waals surface area (Å²) in [6.07, 6.45) is 0. The minimum absolute atomic E-state index is 0.0528. The Morgan fingerprint density at radius 3 is 1.96 bits per heavy atom. The molecule has 0 aliphatic heterocycles. The van der Waals surface area contributed by atoms with Crippen molar-refractivity contribution in [2.24, 2.45) is 0 Å². The molecule has 0 N–H and O–H groups in total. The van der Waals surface area contributed by atoms with Crippen molar-refractivity contribution in [1.82, 2.24) is 4.57 Å². The van der Waals surface area contributed by atoms with Crippen molar-refractivity contribution in [1.29, 1.82) is 0 Å². The normalized spacial score (nSPS) is 13.5. The molecular formula is C45H31NO. The lowest BCUT2D eigenvalue weighted by Crippen LogP contribution is -2.14. The van der Waals surface area contributed by atoms with E-state index in [1.165, 1.54) is 66.1 Å². The molecule has 0 radical (unpaired) electrons. The van der Waals surface area contributed by atoms with Crippen LogP contribution in [0.3, 0.4) is 0 Å². The maximum absolute atomic E-state index is 6.59. The first-order valence-corrected chi connectivity index (χ1v) is 16.3. The van der Waals surface area contributed by atoms with Crippen LogP contribution in [0.2, 0.25) is 0 Å². The molecule has 9 aromatic rings. The van der Waals surface area contributed by atoms with Gasteiger partial charge in [0.1, 0.15) is 11.2 Å². The van der Waals surface area contributed by atoms with E-state index in [-0.39, 0.29) is 5.41 Å². The highest BCUT2D eigenvalue weighted by Crippen LogP contribution is 2.50. The summed E-state index contributed by atoms with van der Waals surface area (Å²) in [6, 6.07) is 55.1. The number of aromatic nitrogens is 1. The molecule has 47 heavy (non-hydrogen) atoms. The lowest BCUT2D eigenvalue weighted by atomic mass is 9.82. The van der Waals surface area contributed by atoms with Crippen LogP contribution >= 0.6 is 0 Å². The van der Waals surface area contributed by atoms with Gasteiger partial charge < -0.3 is 8.98 Å². The van der Waals surface area contributed by atoms with Gasteiger partial charge in [-0.2, -0.15) is 0 Å². The third-order valence-electron chi connectivity index (χ3n) is 10.4. The summed E-state index contributed by atoms with van der Waals surface area (Å²) in [5.41, 5.74) is 15.5. The molecule has 7 aromatic carbocycles. The van der Waals surface area contributed by atoms with Gasteiger partial charge in [0.25, 0.3) is 0 Å². The standard InChI is InChI=1S/C45H31NO/c1-45(2)39-14-8-6-12-33(39)36-26-38-35-22-18-31(25-43(35)47-44(38)27-40(36)45)30-19-23-42-37(24-30)34-13-7-9-15-41(34)46(42)32-20-16-29(17-21-32)28-10-4-3-5-11-28/h3-27H,1-2H3. The van der Waals surface area contributed by atoms with Crippen molar-refractivity contribution in [3.63, 3.8) is 0 Å². The molecule has 0 saturated carbocycles. The molecule has 0 bridgehead atoms. The summed E-state index contributed by atoms with van der Waals surface area (Å²) >= 11 is 0. The van der Waals surface area contributed by atoms with E-state index < -0.39 is 0 Å². The number of nitrogens with zero attached hydrogens (tertiary/aromatic N) is 1. The minimum Gasteiger partial charge on any atom is -0.456 e. The molecule has 2 aromatic heterocycles. The first-order valence-electron chi connectivity index (χ1n) is 16.3. The number of rotatable bonds is 3. The van der Waals surface area contributed by atoms with Gasteiger partial charge >= 0.3 is 0 Å². The Hall–Kier alpha value is -5.86. The van der Waals surface area contributed by atoms with Gasteiger partial charge in [-0.05, 0) is 99.1 Å². The number of hydrogen-bond donors (Lipinski definition) is 0. The first kappa shape index (κ1) is 26.4. The summed E-state index contributed by atoms with van der Waals surface area (Å²) in [5, 5.41) is 4.82. The van der Waals surface area contributed by atoms with Crippen LogP contribution in [0.15, 0.2) is 156 Å². The second kappa shape index (κ2) is 9.57. The van der Waals surface area contributed by atoms with Crippen LogP contribution in [0, 0.1) is 0 Å². The molecular weight excluding hydrogens is 571 g/mol. The Balaban J connectivity index is 1.09. The molecule has 2 heterocycles. The monoisotopic (exact) mass is 601 g/mol. The molecule has 0 unspecified atom stereocenters. The van der Waals surface area contributed by atoms with E-state index in [4.69, 9.17) is 4.42 Å². The lowest BCUT2D eigenvalue weighted by molar-refractivity contribution is 0.647. The van der Waals surface area contributed by atoms with Crippen LogP contribution in [0.1, 0.15) is 25.0 Å². The summed E-state index contributed by atoms with van der Waals surface area (Å²) in [7, 11) is 0. The van der Waals surface area contributed by atoms with Gasteiger partial charge in [-0.3, -0.25) is 0 Å². The average Bonchev–Trinajstić information content (AvgIpc) is 3.72. The quantitative estimate of drug-likeness (QED) is 0.197. The van der Waals surface area contributed by atoms with Crippen LogP contribution in [0.5, 0.6) is 0 Å². The molecule has 0 fully saturated rings. The number of benzene rings is 7. The highest BCUT2D eigenvalue weighted by molar-refractivity contribution is 6.11. The van der Waals surface area contributed by atoms with E-state index >= 15 is 0 Å². The van der Waals surface area contributed by atoms with Crippen molar-refractivity contribution in [3.8, 4) is 39.1 Å². The number of hydrogen-bond acceptors (Lipinski definition) is 1. The summed E-state index contributed by atoms with van der Waals surface area (Å²) < 4.78 is 8.97. The fourth-order valence-electron chi connectivity index (χ4n) is 8.01. The zero-order valence-corrected chi connectivity index (χ0v) is 26.3. The fourth-order valence-corrected chi connectivity index (χ4v) is 8.01. The second-order valence-electron chi connectivity index (χ2n) is 13.4. The number of furan rings is 1. The van der Waals surface area contributed by atoms with Gasteiger partial charge in [0, 0.05) is 32.6 Å². The molecule has 10 rings (SSSR count). The van der Waals surface area contributed by atoms with Gasteiger partial charge in [-0.25, -0.2) is 0 Å². The molecule has 0 atom stereocenters. The average molecular weight is 602 g/mol. The Bertz CT molecular complexity index is 2690. The summed E-state index contributed by atoms with van der Waals surface area (Å²) in [4.78, 5) is 0. The maximum atomic E-state index is 6.59. The fraction of sp³-hybridized carbons (Fsp3) is 0.0667. The van der Waals surface area contributed by atoms with Crippen LogP contribution in [0.4, 0.5) is 0 Å². The highest BCUT2D eigenvalue weighted by atomic mass is 16.3. The molecule has 0 saturated heterocycles. The molecule has 1 aliphatic rings. The van der Waals surface area contributed by atoms with Crippen LogP contribution in [0.25, 0.3) is 82.8 Å². The van der Waals surface area contributed by atoms with E-state index in [2.05, 4.69) is 170 Å². The molecule has 222 valence electrons. The van der Waals surface area contributed by atoms with Gasteiger partial charge in [-0.1, -0.05) is 111 Å². The van der Waals surface area contributed by atoms with Crippen LogP contribution in [-0.4, -0.2) is 4.57 Å². The minimum atomic E-state index is -0.0528. The van der Waals surface area contributed by atoms with E-state index in [1.54, 1.807) is 0 Å². The molecule has 0 spiro atoms. The summed E-state index contributed by atoms with van der Waals surface area (Å²) in [6.45, 7) is 4.63. The topological polar surface area (TPSA) is 18.1 Å². The van der Waals surface area contributed by atoms with E-state index in [0.717, 1.165) is 27.8 Å². The predicted molar refractivity (Wildman–Crippen MR) is 196 cm³/mol. The van der Waals surface area contributed by atoms with E-state index in [9.17, 15) is 0 Å². The van der Waals surface area contributed by atoms with Crippen LogP contribution < -0.4 is 0 Å². The molecule has 0 amide bonds. The molecule has 1 aliphatic carbocycles. The Morgan fingerprint density at radius 1 is 0.426 bits per heavy atom. The zero-order valence-electron chi connectivity index (χ0n) is 26.3. The van der Waals surface area contributed by atoms with Crippen molar-refractivity contribution in [3.05, 3.63) is 163 Å². The predicted octanol–water partition coefficient (Wildman–Crippen LogP) is 12.3. The van der Waals surface area contributed by atoms with Gasteiger partial charge in [0.15, 0.2) is 0 Å². The van der Waals surface area contributed by atoms with Crippen molar-refractivity contribution in [2.45, 2.75) is 19.3 Å². The second-order valence-corrected chi connectivity index (χ2v) is 13.4. The Morgan fingerprint density at radius 2 is 1.09 bits per heavy atom. The SMILES string of the molecule is CC1(C)c2ccccc2-c2cc3c(cc21)oc1cc(-c2ccc4c(c2)c2ccccc2n4-c2ccc(-c4ccccc4)cc2)ccc13. The van der Waals surface area contributed by atoms with E-state index in [0.29, 0.717) is 0 Å². The molecule has 2 heteroatoms. The van der Waals surface area contributed by atoms with Crippen molar-refractivity contribution in [2.75, 3.05) is 0 Å². The van der Waals surface area contributed by atoms with Gasteiger partial charge in [0.2, 0.25) is 0 Å². The van der Waals surface area contributed by atoms with Crippen molar-refractivity contribution < 1.29 is 4.42 Å². The maximum Gasteiger partial charge on any atom is 0.136 e. The third-order valence-corrected chi connectivity index (χ3v) is 10.4. The highest BCUT2D eigenvalue weighted by Gasteiger charge is 2.36. The largest absolute Gasteiger partial charge is 0.456 e. The van der Waals surface area contributed by atoms with Gasteiger partial charge in [0.05, 0.1) is 11.0 Å². The molecule has 2 nitrogen and oxygen atoms in total. The lowest BCUT2D eigenvalue weighted by Gasteiger charge is -2.21. The third kappa shape index (κ3) is 3.79. The zero-order chi connectivity index (χ0) is 31.3.